The third-order valence-electron chi connectivity index (χ3n) is 3.06. The summed E-state index contributed by atoms with van der Waals surface area (Å²) in [6.45, 7) is 4.08. The van der Waals surface area contributed by atoms with Gasteiger partial charge in [-0.2, -0.15) is 0 Å². The normalized spacial score (nSPS) is 12.0. The van der Waals surface area contributed by atoms with Gasteiger partial charge in [0.25, 0.3) is 0 Å². The molecule has 122 valence electrons. The molecule has 2 aromatic rings. The maximum atomic E-state index is 10.9. The van der Waals surface area contributed by atoms with Gasteiger partial charge in [-0.25, -0.2) is 9.78 Å². The second kappa shape index (κ2) is 7.60. The average molecular weight is 316 g/mol. The molecule has 0 bridgehead atoms. The zero-order valence-electron chi connectivity index (χ0n) is 13.1. The van der Waals surface area contributed by atoms with Gasteiger partial charge in [0.1, 0.15) is 11.6 Å². The van der Waals surface area contributed by atoms with Crippen LogP contribution in [-0.4, -0.2) is 33.8 Å². The van der Waals surface area contributed by atoms with Crippen LogP contribution in [-0.2, 0) is 0 Å². The standard InChI is InChI=1S/C17H20N2O4/c1-11(2)23-13-6-3-5-12(9-13)15(20)10-18-16-8-4-7-14(19-16)17(21)22/h3-9,11,15,20H,10H2,1-2H3,(H,18,19)(H,21,22). The number of anilines is 1. The number of nitrogens with zero attached hydrogens (tertiary/aromatic N) is 1. The van der Waals surface area contributed by atoms with E-state index in [4.69, 9.17) is 9.84 Å². The molecule has 0 aliphatic carbocycles. The summed E-state index contributed by atoms with van der Waals surface area (Å²) in [6.07, 6.45) is -0.704. The van der Waals surface area contributed by atoms with Gasteiger partial charge >= 0.3 is 5.97 Å². The Balaban J connectivity index is 2.00. The number of aliphatic hydroxyl groups excluding tert-OH is 1. The lowest BCUT2D eigenvalue weighted by molar-refractivity contribution is 0.0690. The van der Waals surface area contributed by atoms with Gasteiger partial charge in [0.15, 0.2) is 5.69 Å². The molecule has 23 heavy (non-hydrogen) atoms. The molecule has 0 saturated heterocycles. The Morgan fingerprint density at radius 1 is 1.26 bits per heavy atom. The first-order chi connectivity index (χ1) is 11.0. The summed E-state index contributed by atoms with van der Waals surface area (Å²) >= 11 is 0. The minimum atomic E-state index is -1.09. The molecule has 2 rings (SSSR count). The minimum absolute atomic E-state index is 0.0446. The van der Waals surface area contributed by atoms with Gasteiger partial charge in [0, 0.05) is 6.54 Å². The van der Waals surface area contributed by atoms with E-state index in [0.717, 1.165) is 0 Å². The third-order valence-corrected chi connectivity index (χ3v) is 3.06. The lowest BCUT2D eigenvalue weighted by Gasteiger charge is -2.15. The highest BCUT2D eigenvalue weighted by Crippen LogP contribution is 2.20. The number of hydrogen-bond acceptors (Lipinski definition) is 5. The van der Waals surface area contributed by atoms with Crippen molar-refractivity contribution in [2.24, 2.45) is 0 Å². The van der Waals surface area contributed by atoms with E-state index in [1.807, 2.05) is 26.0 Å². The van der Waals surface area contributed by atoms with Gasteiger partial charge in [-0.05, 0) is 43.7 Å². The number of hydrogen-bond donors (Lipinski definition) is 3. The van der Waals surface area contributed by atoms with Gasteiger partial charge in [0.05, 0.1) is 12.2 Å². The molecule has 1 aromatic heterocycles. The van der Waals surface area contributed by atoms with E-state index in [1.165, 1.54) is 6.07 Å². The summed E-state index contributed by atoms with van der Waals surface area (Å²) in [5.74, 6) is 0.00817. The number of aromatic carboxylic acids is 1. The first kappa shape index (κ1) is 16.8. The largest absolute Gasteiger partial charge is 0.491 e. The van der Waals surface area contributed by atoms with Crippen LogP contribution in [0, 0.1) is 0 Å². The van der Waals surface area contributed by atoms with E-state index in [-0.39, 0.29) is 18.3 Å². The molecule has 6 heteroatoms. The third kappa shape index (κ3) is 4.96. The predicted octanol–water partition coefficient (Wildman–Crippen LogP) is 2.71. The zero-order chi connectivity index (χ0) is 16.8. The fourth-order valence-electron chi connectivity index (χ4n) is 2.04. The number of aliphatic hydroxyl groups is 1. The molecule has 0 saturated carbocycles. The molecule has 0 aliphatic rings. The van der Waals surface area contributed by atoms with E-state index < -0.39 is 12.1 Å². The molecule has 1 atom stereocenters. The van der Waals surface area contributed by atoms with Crippen LogP contribution < -0.4 is 10.1 Å². The molecule has 0 aliphatic heterocycles. The molecule has 3 N–H and O–H groups in total. The Labute approximate surface area is 134 Å². The van der Waals surface area contributed by atoms with Crippen LogP contribution in [0.15, 0.2) is 42.5 Å². The highest BCUT2D eigenvalue weighted by Gasteiger charge is 2.10. The van der Waals surface area contributed by atoms with Gasteiger partial charge in [-0.3, -0.25) is 0 Å². The Morgan fingerprint density at radius 3 is 2.70 bits per heavy atom. The zero-order valence-corrected chi connectivity index (χ0v) is 13.1. The Bertz CT molecular complexity index is 673. The van der Waals surface area contributed by atoms with Gasteiger partial charge in [-0.15, -0.1) is 0 Å². The number of carboxylic acid groups (broad SMARTS) is 1. The molecule has 1 aromatic carbocycles. The number of benzene rings is 1. The monoisotopic (exact) mass is 316 g/mol. The molecule has 0 spiro atoms. The number of ether oxygens (including phenoxy) is 1. The number of aromatic nitrogens is 1. The van der Waals surface area contributed by atoms with Gasteiger partial charge < -0.3 is 20.3 Å². The molecule has 1 unspecified atom stereocenters. The van der Waals surface area contributed by atoms with Crippen molar-refractivity contribution in [2.75, 3.05) is 11.9 Å². The SMILES string of the molecule is CC(C)Oc1cccc(C(O)CNc2cccc(C(=O)O)n2)c1. The van der Waals surface area contributed by atoms with Crippen molar-refractivity contribution in [3.63, 3.8) is 0 Å². The summed E-state index contributed by atoms with van der Waals surface area (Å²) in [6, 6.07) is 11.9. The van der Waals surface area contributed by atoms with Crippen LogP contribution >= 0.6 is 0 Å². The molecular weight excluding hydrogens is 296 g/mol. The maximum Gasteiger partial charge on any atom is 0.354 e. The number of carboxylic acids is 1. The van der Waals surface area contributed by atoms with Crippen LogP contribution in [0.5, 0.6) is 5.75 Å². The first-order valence-corrected chi connectivity index (χ1v) is 7.34. The fourth-order valence-corrected chi connectivity index (χ4v) is 2.04. The quantitative estimate of drug-likeness (QED) is 0.727. The van der Waals surface area contributed by atoms with E-state index in [9.17, 15) is 9.90 Å². The van der Waals surface area contributed by atoms with E-state index >= 15 is 0 Å². The molecule has 1 heterocycles. The molecule has 0 fully saturated rings. The maximum absolute atomic E-state index is 10.9. The lowest BCUT2D eigenvalue weighted by atomic mass is 10.1. The Kier molecular flexibility index (Phi) is 5.54. The topological polar surface area (TPSA) is 91.7 Å². The smallest absolute Gasteiger partial charge is 0.354 e. The second-order valence-electron chi connectivity index (χ2n) is 5.35. The van der Waals surface area contributed by atoms with Crippen molar-refractivity contribution in [2.45, 2.75) is 26.1 Å². The number of carbonyl (C=O) groups is 1. The highest BCUT2D eigenvalue weighted by molar-refractivity contribution is 5.85. The van der Waals surface area contributed by atoms with Crippen LogP contribution in [0.2, 0.25) is 0 Å². The predicted molar refractivity (Wildman–Crippen MR) is 86.9 cm³/mol. The molecule has 0 amide bonds. The Hall–Kier alpha value is -2.60. The number of rotatable bonds is 7. The number of nitrogens with one attached hydrogen (secondary N) is 1. The van der Waals surface area contributed by atoms with Crippen molar-refractivity contribution in [1.29, 1.82) is 0 Å². The van der Waals surface area contributed by atoms with Crippen LogP contribution in [0.25, 0.3) is 0 Å². The van der Waals surface area contributed by atoms with Crippen LogP contribution in [0.1, 0.15) is 36.0 Å². The van der Waals surface area contributed by atoms with Crippen molar-refractivity contribution < 1.29 is 19.7 Å². The summed E-state index contributed by atoms with van der Waals surface area (Å²) in [5, 5.41) is 22.1. The van der Waals surface area contributed by atoms with Crippen molar-refractivity contribution in [3.05, 3.63) is 53.7 Å². The van der Waals surface area contributed by atoms with E-state index in [0.29, 0.717) is 17.1 Å². The number of pyridine rings is 1. The van der Waals surface area contributed by atoms with Crippen molar-refractivity contribution >= 4 is 11.8 Å². The summed E-state index contributed by atoms with van der Waals surface area (Å²) in [5.41, 5.74) is 0.668. The van der Waals surface area contributed by atoms with Gasteiger partial charge in [0.2, 0.25) is 0 Å². The van der Waals surface area contributed by atoms with Gasteiger partial charge in [-0.1, -0.05) is 18.2 Å². The lowest BCUT2D eigenvalue weighted by Crippen LogP contribution is -2.14. The summed E-state index contributed by atoms with van der Waals surface area (Å²) in [7, 11) is 0. The Morgan fingerprint density at radius 2 is 2.00 bits per heavy atom. The highest BCUT2D eigenvalue weighted by atomic mass is 16.5. The summed E-state index contributed by atoms with van der Waals surface area (Å²) < 4.78 is 5.60. The summed E-state index contributed by atoms with van der Waals surface area (Å²) in [4.78, 5) is 14.8. The average Bonchev–Trinajstić information content (AvgIpc) is 2.52. The van der Waals surface area contributed by atoms with Crippen molar-refractivity contribution in [3.8, 4) is 5.75 Å². The fraction of sp³-hybridized carbons (Fsp3) is 0.294. The molecule has 6 nitrogen and oxygen atoms in total. The minimum Gasteiger partial charge on any atom is -0.491 e. The van der Waals surface area contributed by atoms with E-state index in [1.54, 1.807) is 24.3 Å². The van der Waals surface area contributed by atoms with E-state index in [2.05, 4.69) is 10.3 Å². The molecular formula is C17H20N2O4. The first-order valence-electron chi connectivity index (χ1n) is 7.34. The second-order valence-corrected chi connectivity index (χ2v) is 5.35. The molecule has 0 radical (unpaired) electrons. The van der Waals surface area contributed by atoms with Crippen LogP contribution in [0.3, 0.4) is 0 Å². The van der Waals surface area contributed by atoms with Crippen LogP contribution in [0.4, 0.5) is 5.82 Å². The van der Waals surface area contributed by atoms with Crippen molar-refractivity contribution in [1.82, 2.24) is 4.98 Å².